The van der Waals surface area contributed by atoms with Crippen molar-refractivity contribution < 1.29 is 19.2 Å². The highest BCUT2D eigenvalue weighted by Crippen LogP contribution is 2.53. The molecule has 2 saturated heterocycles. The number of rotatable bonds is 14. The summed E-state index contributed by atoms with van der Waals surface area (Å²) in [5.74, 6) is 0.521. The molecule has 5 N–H and O–H groups in total. The lowest BCUT2D eigenvalue weighted by atomic mass is 9.59. The molecule has 4 aromatic carbocycles. The fourth-order valence-corrected chi connectivity index (χ4v) is 10.7. The first-order valence-corrected chi connectivity index (χ1v) is 23.2. The molecule has 1 aliphatic carbocycles. The van der Waals surface area contributed by atoms with E-state index < -0.39 is 10.8 Å². The minimum atomic E-state index is -0.450. The summed E-state index contributed by atoms with van der Waals surface area (Å²) in [6.07, 6.45) is 7.98. The number of benzene rings is 4. The first kappa shape index (κ1) is 43.8. The van der Waals surface area contributed by atoms with Crippen LogP contribution in [0.5, 0.6) is 11.5 Å². The average molecular weight is 894 g/mol. The zero-order valence-corrected chi connectivity index (χ0v) is 37.8. The van der Waals surface area contributed by atoms with Crippen molar-refractivity contribution in [2.24, 2.45) is 11.1 Å². The number of primary amides is 1. The Morgan fingerprint density at radius 1 is 0.985 bits per heavy atom. The van der Waals surface area contributed by atoms with Gasteiger partial charge in [-0.15, -0.1) is 0 Å². The van der Waals surface area contributed by atoms with Crippen LogP contribution in [0.15, 0.2) is 114 Å². The highest BCUT2D eigenvalue weighted by atomic mass is 32.2. The van der Waals surface area contributed by atoms with Gasteiger partial charge in [-0.2, -0.15) is 0 Å². The minimum Gasteiger partial charge on any atom is -0.455 e. The Labute approximate surface area is 383 Å². The first-order valence-electron chi connectivity index (χ1n) is 22.3. The highest BCUT2D eigenvalue weighted by molar-refractivity contribution is 7.98. The number of piperidine rings is 1. The molecule has 1 unspecified atom stereocenters. The Hall–Kier alpha value is -6.42. The van der Waals surface area contributed by atoms with Gasteiger partial charge in [-0.1, -0.05) is 50.2 Å². The van der Waals surface area contributed by atoms with Crippen LogP contribution in [-0.4, -0.2) is 82.3 Å². The second-order valence-electron chi connectivity index (χ2n) is 18.0. The number of H-pyrrole nitrogens is 1. The van der Waals surface area contributed by atoms with Crippen LogP contribution < -0.4 is 25.4 Å². The van der Waals surface area contributed by atoms with Crippen LogP contribution in [0.2, 0.25) is 0 Å². The van der Waals surface area contributed by atoms with Gasteiger partial charge in [-0.3, -0.25) is 34.2 Å². The number of hydrogen-bond acceptors (Lipinski definition) is 11. The van der Waals surface area contributed by atoms with E-state index in [0.29, 0.717) is 45.2 Å². The van der Waals surface area contributed by atoms with Gasteiger partial charge < -0.3 is 25.7 Å². The second kappa shape index (κ2) is 18.6. The number of aromatic amines is 1. The van der Waals surface area contributed by atoms with Gasteiger partial charge in [0, 0.05) is 98.3 Å². The minimum absolute atomic E-state index is 0.0771. The van der Waals surface area contributed by atoms with Crippen LogP contribution in [0.3, 0.4) is 0 Å². The summed E-state index contributed by atoms with van der Waals surface area (Å²) >= 11 is 1.01. The third-order valence-electron chi connectivity index (χ3n) is 13.6. The number of nitrogens with two attached hydrogens (primary N) is 1. The molecule has 3 fully saturated rings. The smallest absolute Gasteiger partial charge is 0.293 e. The van der Waals surface area contributed by atoms with Crippen molar-refractivity contribution in [1.29, 1.82) is 0 Å². The monoisotopic (exact) mass is 893 g/mol. The Kier molecular flexibility index (Phi) is 12.5. The molecule has 1 atom stereocenters. The molecule has 2 aliphatic heterocycles. The molecule has 2 aromatic heterocycles. The van der Waals surface area contributed by atoms with Gasteiger partial charge in [0.2, 0.25) is 5.91 Å². The summed E-state index contributed by atoms with van der Waals surface area (Å²) in [4.78, 5) is 52.6. The van der Waals surface area contributed by atoms with Crippen molar-refractivity contribution in [3.05, 3.63) is 147 Å². The molecule has 1 saturated carbocycles. The molecule has 9 rings (SSSR count). The third-order valence-corrected chi connectivity index (χ3v) is 14.4. The fraction of sp³-hybridized carbons (Fsp3) is 0.340. The van der Waals surface area contributed by atoms with E-state index in [1.54, 1.807) is 31.4 Å². The number of pyridine rings is 1. The quantitative estimate of drug-likeness (QED) is 0.0466. The molecule has 3 aliphatic rings. The topological polar surface area (TPSA) is 175 Å². The molecular weight excluding hydrogens is 839 g/mol. The van der Waals surface area contributed by atoms with E-state index >= 15 is 0 Å². The molecule has 0 bridgehead atoms. The largest absolute Gasteiger partial charge is 0.455 e. The van der Waals surface area contributed by atoms with E-state index in [1.807, 2.05) is 54.7 Å². The summed E-state index contributed by atoms with van der Waals surface area (Å²) in [5.41, 5.74) is 12.7. The van der Waals surface area contributed by atoms with Crippen molar-refractivity contribution >= 4 is 51.9 Å². The molecule has 14 nitrogen and oxygen atoms in total. The molecule has 0 radical (unpaired) electrons. The van der Waals surface area contributed by atoms with Crippen LogP contribution in [0.4, 0.5) is 17.1 Å². The van der Waals surface area contributed by atoms with Gasteiger partial charge in [0.15, 0.2) is 0 Å². The molecule has 1 spiro atoms. The van der Waals surface area contributed by atoms with Gasteiger partial charge >= 0.3 is 0 Å². The first-order chi connectivity index (χ1) is 31.5. The number of piperazine rings is 1. The maximum atomic E-state index is 13.8. The maximum Gasteiger partial charge on any atom is 0.293 e. The number of carbonyl (C=O) groups is 2. The van der Waals surface area contributed by atoms with Crippen LogP contribution >= 0.6 is 11.9 Å². The number of anilines is 2. The number of aromatic nitrogens is 2. The molecule has 336 valence electrons. The normalized spacial score (nSPS) is 17.8. The lowest BCUT2D eigenvalue weighted by Crippen LogP contribution is -2.60. The standard InChI is InChI=1S/C50H55N9O5S/c1-32(2)40-6-4-5-7-41(40)45-31-56(30-33-8-10-34(11-9-33)47(51)60)22-23-58(45)37-27-50(28-37)17-20-57(21-18-50)36-12-14-42(46(25-36)64-38-24-35-16-19-53-48(35)54-29-38)49(61)55-65-39-13-15-43(52-3)44(26-39)59(62)63/h4-16,19,24-26,29,32,37,45,52H,17-18,20-23,27-28,30-31H2,1-3H3,(H2,51,60)(H,53,54)(H,55,61). The molecular formula is C50H55N9O5S. The van der Waals surface area contributed by atoms with Crippen molar-refractivity contribution in [2.75, 3.05) is 50.0 Å². The van der Waals surface area contributed by atoms with E-state index in [0.717, 1.165) is 80.8 Å². The zero-order chi connectivity index (χ0) is 45.2. The average Bonchev–Trinajstić information content (AvgIpc) is 3.78. The molecule has 2 amide bonds. The van der Waals surface area contributed by atoms with E-state index in [4.69, 9.17) is 10.5 Å². The number of fused-ring (bicyclic) bond motifs is 1. The van der Waals surface area contributed by atoms with Crippen LogP contribution in [0.1, 0.15) is 88.9 Å². The summed E-state index contributed by atoms with van der Waals surface area (Å²) in [6, 6.07) is 31.8. The predicted molar refractivity (Wildman–Crippen MR) is 256 cm³/mol. The number of nitrogens with one attached hydrogen (secondary N) is 3. The number of ether oxygens (including phenoxy) is 1. The number of nitro groups is 1. The van der Waals surface area contributed by atoms with Crippen molar-refractivity contribution in [1.82, 2.24) is 24.5 Å². The van der Waals surface area contributed by atoms with Crippen LogP contribution in [0.25, 0.3) is 11.0 Å². The SMILES string of the molecule is CNc1ccc(SNC(=O)c2ccc(N3CCC4(CC3)CC(N3CCN(Cc5ccc(C(N)=O)cc5)CC3c3ccccc3C(C)C)C4)cc2Oc2cnc3[nH]ccc3c2)cc1[N+](=O)[O-]. The Balaban J connectivity index is 0.887. The van der Waals surface area contributed by atoms with Crippen molar-refractivity contribution in [3.8, 4) is 11.5 Å². The number of hydrogen-bond donors (Lipinski definition) is 4. The van der Waals surface area contributed by atoms with E-state index in [1.165, 1.54) is 35.6 Å². The lowest BCUT2D eigenvalue weighted by Gasteiger charge is -2.58. The van der Waals surface area contributed by atoms with Crippen molar-refractivity contribution in [2.45, 2.75) is 69.0 Å². The maximum absolute atomic E-state index is 13.8. The van der Waals surface area contributed by atoms with Crippen LogP contribution in [-0.2, 0) is 6.54 Å². The third kappa shape index (κ3) is 9.40. The number of amides is 2. The predicted octanol–water partition coefficient (Wildman–Crippen LogP) is 9.27. The van der Waals surface area contributed by atoms with Gasteiger partial charge in [-0.05, 0) is 114 Å². The molecule has 15 heteroatoms. The highest BCUT2D eigenvalue weighted by Gasteiger charge is 2.50. The molecule has 6 aromatic rings. The molecule has 65 heavy (non-hydrogen) atoms. The van der Waals surface area contributed by atoms with Crippen LogP contribution in [0, 0.1) is 15.5 Å². The summed E-state index contributed by atoms with van der Waals surface area (Å²) in [7, 11) is 1.63. The van der Waals surface area contributed by atoms with Crippen molar-refractivity contribution in [3.63, 3.8) is 0 Å². The number of nitro benzene ring substituents is 1. The summed E-state index contributed by atoms with van der Waals surface area (Å²) < 4.78 is 9.32. The Morgan fingerprint density at radius 3 is 2.51 bits per heavy atom. The van der Waals surface area contributed by atoms with Gasteiger partial charge in [-0.25, -0.2) is 4.98 Å². The number of nitrogens with zero attached hydrogens (tertiary/aromatic N) is 5. The lowest BCUT2D eigenvalue weighted by molar-refractivity contribution is -0.384. The fourth-order valence-electron chi connectivity index (χ4n) is 10.1. The van der Waals surface area contributed by atoms with E-state index in [9.17, 15) is 19.7 Å². The molecule has 4 heterocycles. The van der Waals surface area contributed by atoms with Gasteiger partial charge in [0.25, 0.3) is 11.6 Å². The van der Waals surface area contributed by atoms with Gasteiger partial charge in [0.05, 0.1) is 16.7 Å². The Morgan fingerprint density at radius 2 is 1.77 bits per heavy atom. The second-order valence-corrected chi connectivity index (χ2v) is 18.9. The number of carbonyl (C=O) groups excluding carboxylic acids is 2. The summed E-state index contributed by atoms with van der Waals surface area (Å²) in [6.45, 7) is 10.1. The van der Waals surface area contributed by atoms with E-state index in [2.05, 4.69) is 72.8 Å². The van der Waals surface area contributed by atoms with E-state index in [-0.39, 0.29) is 23.1 Å². The Bertz CT molecular complexity index is 2710. The van der Waals surface area contributed by atoms with Gasteiger partial charge in [0.1, 0.15) is 22.8 Å². The zero-order valence-electron chi connectivity index (χ0n) is 37.0. The summed E-state index contributed by atoms with van der Waals surface area (Å²) in [5, 5.41) is 15.4.